The van der Waals surface area contributed by atoms with Crippen LogP contribution in [0.2, 0.25) is 0 Å². The minimum absolute atomic E-state index is 0. The van der Waals surface area contributed by atoms with E-state index in [9.17, 15) is 8.78 Å². The van der Waals surface area contributed by atoms with E-state index in [4.69, 9.17) is 0 Å². The van der Waals surface area contributed by atoms with Crippen molar-refractivity contribution in [3.8, 4) is 5.75 Å². The summed E-state index contributed by atoms with van der Waals surface area (Å²) in [5.41, 5.74) is 1.58. The van der Waals surface area contributed by atoms with Gasteiger partial charge in [0.05, 0.1) is 6.54 Å². The normalized spacial score (nSPS) is 10.9. The summed E-state index contributed by atoms with van der Waals surface area (Å²) in [6, 6.07) is 5.06. The van der Waals surface area contributed by atoms with Gasteiger partial charge in [0.25, 0.3) is 0 Å². The molecule has 0 atom stereocenters. The van der Waals surface area contributed by atoms with Gasteiger partial charge in [-0.1, -0.05) is 23.8 Å². The van der Waals surface area contributed by atoms with Crippen molar-refractivity contribution < 1.29 is 13.5 Å². The monoisotopic (exact) mass is 425 g/mol. The summed E-state index contributed by atoms with van der Waals surface area (Å²) >= 11 is 0. The van der Waals surface area contributed by atoms with Crippen LogP contribution in [0.3, 0.4) is 0 Å². The van der Waals surface area contributed by atoms with Crippen LogP contribution in [0.5, 0.6) is 5.75 Å². The standard InChI is InChI=1S/C15H21F2N3O.HI/c1-4-8-19-15(18-5-2)20-10-12-9-11(3)6-7-13(12)21-14(16)17;/h4,6-7,9,14H,1,5,8,10H2,2-3H3,(H2,18,19,20);1H. The van der Waals surface area contributed by atoms with Crippen LogP contribution in [0.15, 0.2) is 35.8 Å². The maximum absolute atomic E-state index is 12.4. The number of nitrogens with one attached hydrogen (secondary N) is 2. The molecule has 2 N–H and O–H groups in total. The largest absolute Gasteiger partial charge is 0.434 e. The second kappa shape index (κ2) is 11.2. The Balaban J connectivity index is 0.00000441. The van der Waals surface area contributed by atoms with Crippen molar-refractivity contribution in [1.82, 2.24) is 10.6 Å². The van der Waals surface area contributed by atoms with Gasteiger partial charge in [0.15, 0.2) is 5.96 Å². The van der Waals surface area contributed by atoms with Gasteiger partial charge in [-0.15, -0.1) is 30.6 Å². The van der Waals surface area contributed by atoms with Crippen molar-refractivity contribution in [2.45, 2.75) is 27.0 Å². The SMILES string of the molecule is C=CCNC(=NCc1cc(C)ccc1OC(F)F)NCC.I. The number of alkyl halides is 2. The molecular weight excluding hydrogens is 403 g/mol. The summed E-state index contributed by atoms with van der Waals surface area (Å²) in [6.07, 6.45) is 1.71. The molecule has 0 heterocycles. The second-order valence-corrected chi connectivity index (χ2v) is 4.35. The summed E-state index contributed by atoms with van der Waals surface area (Å²) < 4.78 is 29.3. The molecule has 0 aliphatic carbocycles. The third kappa shape index (κ3) is 7.58. The Morgan fingerprint density at radius 1 is 1.41 bits per heavy atom. The van der Waals surface area contributed by atoms with E-state index in [2.05, 4.69) is 26.9 Å². The third-order valence-electron chi connectivity index (χ3n) is 2.60. The van der Waals surface area contributed by atoms with E-state index in [1.807, 2.05) is 13.8 Å². The van der Waals surface area contributed by atoms with Gasteiger partial charge in [-0.3, -0.25) is 0 Å². The number of nitrogens with zero attached hydrogens (tertiary/aromatic N) is 1. The number of ether oxygens (including phenoxy) is 1. The van der Waals surface area contributed by atoms with Gasteiger partial charge in [0, 0.05) is 18.7 Å². The van der Waals surface area contributed by atoms with E-state index in [1.54, 1.807) is 18.2 Å². The summed E-state index contributed by atoms with van der Waals surface area (Å²) in [6.45, 7) is 6.13. The molecule has 0 bridgehead atoms. The Kier molecular flexibility index (Phi) is 10.5. The van der Waals surface area contributed by atoms with Gasteiger partial charge in [0.1, 0.15) is 5.75 Å². The molecule has 0 radical (unpaired) electrons. The zero-order valence-corrected chi connectivity index (χ0v) is 15.1. The predicted molar refractivity (Wildman–Crippen MR) is 96.2 cm³/mol. The molecule has 0 saturated carbocycles. The molecule has 0 aromatic heterocycles. The van der Waals surface area contributed by atoms with Gasteiger partial charge in [-0.05, 0) is 19.9 Å². The zero-order valence-electron chi connectivity index (χ0n) is 12.7. The molecule has 0 saturated heterocycles. The molecule has 22 heavy (non-hydrogen) atoms. The topological polar surface area (TPSA) is 45.7 Å². The number of aliphatic imine (C=N–C) groups is 1. The molecular formula is C15H22F2IN3O. The number of guanidine groups is 1. The first-order chi connectivity index (χ1) is 10.1. The lowest BCUT2D eigenvalue weighted by Crippen LogP contribution is -2.37. The fourth-order valence-corrected chi connectivity index (χ4v) is 1.72. The Labute approximate surface area is 147 Å². The smallest absolute Gasteiger partial charge is 0.387 e. The number of halogens is 3. The highest BCUT2D eigenvalue weighted by molar-refractivity contribution is 14.0. The van der Waals surface area contributed by atoms with E-state index < -0.39 is 6.61 Å². The van der Waals surface area contributed by atoms with Crippen LogP contribution in [-0.4, -0.2) is 25.7 Å². The first-order valence-electron chi connectivity index (χ1n) is 6.74. The van der Waals surface area contributed by atoms with E-state index in [-0.39, 0.29) is 36.3 Å². The van der Waals surface area contributed by atoms with Crippen LogP contribution in [-0.2, 0) is 6.54 Å². The zero-order chi connectivity index (χ0) is 15.7. The number of rotatable bonds is 7. The minimum atomic E-state index is -2.84. The molecule has 0 unspecified atom stereocenters. The van der Waals surface area contributed by atoms with Crippen molar-refractivity contribution >= 4 is 29.9 Å². The highest BCUT2D eigenvalue weighted by Crippen LogP contribution is 2.22. The summed E-state index contributed by atoms with van der Waals surface area (Å²) in [5.74, 6) is 0.751. The van der Waals surface area contributed by atoms with Gasteiger partial charge in [-0.2, -0.15) is 8.78 Å². The average Bonchev–Trinajstić information content (AvgIpc) is 2.44. The van der Waals surface area contributed by atoms with Crippen LogP contribution in [0.1, 0.15) is 18.1 Å². The highest BCUT2D eigenvalue weighted by atomic mass is 127. The summed E-state index contributed by atoms with van der Waals surface area (Å²) in [4.78, 5) is 4.35. The Bertz CT molecular complexity index is 496. The number of hydrogen-bond donors (Lipinski definition) is 2. The van der Waals surface area contributed by atoms with Crippen molar-refractivity contribution in [2.24, 2.45) is 4.99 Å². The van der Waals surface area contributed by atoms with Crippen molar-refractivity contribution in [2.75, 3.05) is 13.1 Å². The van der Waals surface area contributed by atoms with Crippen LogP contribution >= 0.6 is 24.0 Å². The maximum atomic E-state index is 12.4. The highest BCUT2D eigenvalue weighted by Gasteiger charge is 2.09. The lowest BCUT2D eigenvalue weighted by atomic mass is 10.1. The molecule has 4 nitrogen and oxygen atoms in total. The van der Waals surface area contributed by atoms with E-state index in [1.165, 1.54) is 6.07 Å². The molecule has 124 valence electrons. The molecule has 0 aliphatic heterocycles. The number of benzene rings is 1. The van der Waals surface area contributed by atoms with Gasteiger partial charge < -0.3 is 15.4 Å². The van der Waals surface area contributed by atoms with Crippen LogP contribution in [0.4, 0.5) is 8.78 Å². The van der Waals surface area contributed by atoms with E-state index in [0.717, 1.165) is 5.56 Å². The van der Waals surface area contributed by atoms with Crippen molar-refractivity contribution in [1.29, 1.82) is 0 Å². The molecule has 0 fully saturated rings. The van der Waals surface area contributed by atoms with E-state index >= 15 is 0 Å². The third-order valence-corrected chi connectivity index (χ3v) is 2.60. The van der Waals surface area contributed by atoms with Crippen molar-refractivity contribution in [3.63, 3.8) is 0 Å². The molecule has 0 spiro atoms. The Morgan fingerprint density at radius 3 is 2.73 bits per heavy atom. The van der Waals surface area contributed by atoms with Crippen LogP contribution in [0, 0.1) is 6.92 Å². The quantitative estimate of drug-likeness (QED) is 0.305. The lowest BCUT2D eigenvalue weighted by molar-refractivity contribution is -0.0504. The van der Waals surface area contributed by atoms with Crippen molar-refractivity contribution in [3.05, 3.63) is 42.0 Å². The average molecular weight is 425 g/mol. The fraction of sp³-hybridized carbons (Fsp3) is 0.400. The summed E-state index contributed by atoms with van der Waals surface area (Å²) in [7, 11) is 0. The van der Waals surface area contributed by atoms with Gasteiger partial charge >= 0.3 is 6.61 Å². The molecule has 0 aliphatic rings. The first-order valence-corrected chi connectivity index (χ1v) is 6.74. The molecule has 1 rings (SSSR count). The van der Waals surface area contributed by atoms with Crippen LogP contribution in [0.25, 0.3) is 0 Å². The fourth-order valence-electron chi connectivity index (χ4n) is 1.72. The summed E-state index contributed by atoms with van der Waals surface area (Å²) in [5, 5.41) is 6.11. The van der Waals surface area contributed by atoms with Gasteiger partial charge in [-0.25, -0.2) is 4.99 Å². The Hall–Kier alpha value is -1.38. The minimum Gasteiger partial charge on any atom is -0.434 e. The predicted octanol–water partition coefficient (Wildman–Crippen LogP) is 3.46. The Morgan fingerprint density at radius 2 is 2.14 bits per heavy atom. The number of aryl methyl sites for hydroxylation is 1. The number of hydrogen-bond acceptors (Lipinski definition) is 2. The van der Waals surface area contributed by atoms with E-state index in [0.29, 0.717) is 24.6 Å². The lowest BCUT2D eigenvalue weighted by Gasteiger charge is -2.12. The van der Waals surface area contributed by atoms with Crippen LogP contribution < -0.4 is 15.4 Å². The molecule has 7 heteroatoms. The van der Waals surface area contributed by atoms with Gasteiger partial charge in [0.2, 0.25) is 0 Å². The molecule has 1 aromatic rings. The molecule has 1 aromatic carbocycles. The second-order valence-electron chi connectivity index (χ2n) is 4.35. The first kappa shape index (κ1) is 20.6. The molecule has 0 amide bonds. The maximum Gasteiger partial charge on any atom is 0.387 e.